The zero-order valence-electron chi connectivity index (χ0n) is 21.5. The molecule has 11 heteroatoms. The smallest absolute Gasteiger partial charge is 0.166 e. The molecule has 0 unspecified atom stereocenters. The van der Waals surface area contributed by atoms with Crippen LogP contribution in [0.1, 0.15) is 43.6 Å². The Bertz CT molecular complexity index is 1290. The van der Waals surface area contributed by atoms with E-state index in [4.69, 9.17) is 43.8 Å². The van der Waals surface area contributed by atoms with Crippen molar-refractivity contribution >= 4 is 40.4 Å². The van der Waals surface area contributed by atoms with E-state index in [0.29, 0.717) is 64.5 Å². The average molecular weight is 561 g/mol. The van der Waals surface area contributed by atoms with E-state index in [2.05, 4.69) is 15.3 Å². The van der Waals surface area contributed by atoms with Crippen LogP contribution in [0.25, 0.3) is 0 Å². The molecule has 0 radical (unpaired) electrons. The molecule has 4 N–H and O–H groups in total. The van der Waals surface area contributed by atoms with Gasteiger partial charge in [-0.3, -0.25) is 10.4 Å². The molecule has 1 aromatic carbocycles. The topological polar surface area (TPSA) is 109 Å². The van der Waals surface area contributed by atoms with Gasteiger partial charge in [-0.05, 0) is 31.2 Å². The zero-order valence-corrected chi connectivity index (χ0v) is 23.0. The predicted octanol–water partition coefficient (Wildman–Crippen LogP) is 5.27. The number of ether oxygens (including phenoxy) is 2. The van der Waals surface area contributed by atoms with E-state index in [0.717, 1.165) is 6.54 Å². The van der Waals surface area contributed by atoms with Crippen LogP contribution in [-0.4, -0.2) is 54.1 Å². The third-order valence-corrected chi connectivity index (χ3v) is 7.03. The van der Waals surface area contributed by atoms with Crippen molar-refractivity contribution in [2.45, 2.75) is 32.4 Å². The number of hydrogen-bond donors (Lipinski definition) is 3. The predicted molar refractivity (Wildman–Crippen MR) is 149 cm³/mol. The molecule has 1 spiro atoms. The number of nitrogens with two attached hydrogens (primary N) is 1. The minimum atomic E-state index is -0.495. The number of pyridine rings is 2. The molecule has 2 aromatic heterocycles. The standard InChI is InChI=1S/C25H25Cl2FN6O2.C2H6/c1-14(22-18(26)9-31-10-19(22)27)36-16-2-3-21(29)17(7-16)23(30)15-6-20(28)24(32-8-15)34-11-25(12-34)13-35-5-4-33-25;1-2/h2-3,6-10,14,30,33H,4-5,11-13,29H2,1H3;1-2H3/t14-;/m1./s1. The first-order valence-corrected chi connectivity index (χ1v) is 13.2. The Morgan fingerprint density at radius 3 is 2.55 bits per heavy atom. The second-order valence-corrected chi connectivity index (χ2v) is 9.86. The van der Waals surface area contributed by atoms with E-state index < -0.39 is 11.9 Å². The Morgan fingerprint density at radius 2 is 1.92 bits per heavy atom. The molecule has 0 bridgehead atoms. The SMILES string of the molecule is CC.C[C@@H](Oc1ccc(N)c(C(=N)c2cnc(N3CC4(COCCN4)C3)c(F)c2)c1)c1c(Cl)cncc1Cl. The molecular weight excluding hydrogens is 530 g/mol. The highest BCUT2D eigenvalue weighted by Gasteiger charge is 2.45. The fraction of sp³-hybridized carbons (Fsp3) is 0.370. The van der Waals surface area contributed by atoms with Gasteiger partial charge in [-0.15, -0.1) is 0 Å². The number of rotatable bonds is 6. The Hall–Kier alpha value is -2.98. The lowest BCUT2D eigenvalue weighted by molar-refractivity contribution is 0.0133. The molecule has 1 atom stereocenters. The number of nitrogen functional groups attached to an aromatic ring is 1. The van der Waals surface area contributed by atoms with Crippen molar-refractivity contribution in [2.24, 2.45) is 0 Å². The van der Waals surface area contributed by atoms with Crippen molar-refractivity contribution in [2.75, 3.05) is 43.5 Å². The molecule has 3 aromatic rings. The Kier molecular flexibility index (Phi) is 8.72. The first-order chi connectivity index (χ1) is 18.3. The number of morpholine rings is 1. The summed E-state index contributed by atoms with van der Waals surface area (Å²) in [5, 5.41) is 12.9. The van der Waals surface area contributed by atoms with Crippen molar-refractivity contribution in [1.29, 1.82) is 5.41 Å². The van der Waals surface area contributed by atoms with Crippen LogP contribution < -0.4 is 20.7 Å². The largest absolute Gasteiger partial charge is 0.486 e. The number of nitrogens with one attached hydrogen (secondary N) is 2. The molecule has 5 rings (SSSR count). The number of halogens is 3. The Balaban J connectivity index is 0.00000164. The lowest BCUT2D eigenvalue weighted by atomic mass is 9.89. The molecule has 0 aliphatic carbocycles. The number of aromatic nitrogens is 2. The van der Waals surface area contributed by atoms with Gasteiger partial charge in [0, 0.05) is 60.6 Å². The lowest BCUT2D eigenvalue weighted by Crippen LogP contribution is -2.74. The van der Waals surface area contributed by atoms with Gasteiger partial charge in [0.1, 0.15) is 11.9 Å². The van der Waals surface area contributed by atoms with Crippen molar-refractivity contribution in [3.05, 3.63) is 75.4 Å². The summed E-state index contributed by atoms with van der Waals surface area (Å²) in [7, 11) is 0. The molecule has 2 aliphatic rings. The minimum absolute atomic E-state index is 0.0333. The minimum Gasteiger partial charge on any atom is -0.486 e. The summed E-state index contributed by atoms with van der Waals surface area (Å²) < 4.78 is 26.6. The van der Waals surface area contributed by atoms with Crippen LogP contribution in [0.3, 0.4) is 0 Å². The molecule has 0 amide bonds. The zero-order chi connectivity index (χ0) is 27.4. The Morgan fingerprint density at radius 1 is 1.21 bits per heavy atom. The number of nitrogens with zero attached hydrogens (tertiary/aromatic N) is 3. The first kappa shape index (κ1) is 28.0. The van der Waals surface area contributed by atoms with Crippen LogP contribution in [-0.2, 0) is 4.74 Å². The molecule has 38 heavy (non-hydrogen) atoms. The normalized spacial score (nSPS) is 16.7. The highest BCUT2D eigenvalue weighted by Crippen LogP contribution is 2.34. The van der Waals surface area contributed by atoms with Gasteiger partial charge in [0.15, 0.2) is 11.6 Å². The van der Waals surface area contributed by atoms with Crippen molar-refractivity contribution < 1.29 is 13.9 Å². The third-order valence-electron chi connectivity index (χ3n) is 6.43. The maximum absolute atomic E-state index is 15.0. The summed E-state index contributed by atoms with van der Waals surface area (Å²) >= 11 is 12.5. The summed E-state index contributed by atoms with van der Waals surface area (Å²) in [4.78, 5) is 10.1. The van der Waals surface area contributed by atoms with Crippen LogP contribution in [0.15, 0.2) is 42.9 Å². The molecule has 202 valence electrons. The van der Waals surface area contributed by atoms with Gasteiger partial charge < -0.3 is 25.4 Å². The second-order valence-electron chi connectivity index (χ2n) is 9.05. The van der Waals surface area contributed by atoms with E-state index in [1.807, 2.05) is 18.7 Å². The molecular formula is C27H31Cl2FN6O2. The number of benzene rings is 1. The number of hydrogen-bond acceptors (Lipinski definition) is 8. The van der Waals surface area contributed by atoms with Crippen molar-refractivity contribution in [1.82, 2.24) is 15.3 Å². The quantitative estimate of drug-likeness (QED) is 0.278. The van der Waals surface area contributed by atoms with Gasteiger partial charge in [0.2, 0.25) is 0 Å². The lowest BCUT2D eigenvalue weighted by Gasteiger charge is -2.52. The van der Waals surface area contributed by atoms with Gasteiger partial charge in [0.25, 0.3) is 0 Å². The number of anilines is 2. The van der Waals surface area contributed by atoms with E-state index in [-0.39, 0.29) is 17.1 Å². The molecule has 0 saturated carbocycles. The highest BCUT2D eigenvalue weighted by molar-refractivity contribution is 6.35. The summed E-state index contributed by atoms with van der Waals surface area (Å²) in [5.41, 5.74) is 7.71. The second kappa shape index (κ2) is 11.8. The third kappa shape index (κ3) is 5.71. The first-order valence-electron chi connectivity index (χ1n) is 12.4. The van der Waals surface area contributed by atoms with Gasteiger partial charge >= 0.3 is 0 Å². The van der Waals surface area contributed by atoms with E-state index in [1.165, 1.54) is 24.7 Å². The average Bonchev–Trinajstić information content (AvgIpc) is 2.89. The monoisotopic (exact) mass is 560 g/mol. The van der Waals surface area contributed by atoms with E-state index >= 15 is 4.39 Å². The molecule has 2 saturated heterocycles. The van der Waals surface area contributed by atoms with E-state index in [9.17, 15) is 0 Å². The summed E-state index contributed by atoms with van der Waals surface area (Å²) in [5.74, 6) is 0.221. The van der Waals surface area contributed by atoms with Crippen LogP contribution in [0.5, 0.6) is 5.75 Å². The maximum atomic E-state index is 15.0. The Labute approximate surface area is 231 Å². The van der Waals surface area contributed by atoms with Gasteiger partial charge in [-0.25, -0.2) is 9.37 Å². The maximum Gasteiger partial charge on any atom is 0.166 e. The summed E-state index contributed by atoms with van der Waals surface area (Å²) in [6.07, 6.45) is 4.00. The van der Waals surface area contributed by atoms with Gasteiger partial charge in [-0.2, -0.15) is 0 Å². The van der Waals surface area contributed by atoms with Crippen LogP contribution in [0.4, 0.5) is 15.9 Å². The van der Waals surface area contributed by atoms with Crippen molar-refractivity contribution in [3.8, 4) is 5.75 Å². The molecule has 8 nitrogen and oxygen atoms in total. The fourth-order valence-corrected chi connectivity index (χ4v) is 5.27. The van der Waals surface area contributed by atoms with Crippen molar-refractivity contribution in [3.63, 3.8) is 0 Å². The van der Waals surface area contributed by atoms with Crippen LogP contribution in [0, 0.1) is 11.2 Å². The fourth-order valence-electron chi connectivity index (χ4n) is 4.60. The highest BCUT2D eigenvalue weighted by atomic mass is 35.5. The van der Waals surface area contributed by atoms with Gasteiger partial charge in [0.05, 0.1) is 34.5 Å². The van der Waals surface area contributed by atoms with Crippen LogP contribution in [0.2, 0.25) is 10.0 Å². The van der Waals surface area contributed by atoms with Crippen LogP contribution >= 0.6 is 23.2 Å². The van der Waals surface area contributed by atoms with Gasteiger partial charge in [-0.1, -0.05) is 37.0 Å². The summed E-state index contributed by atoms with van der Waals surface area (Å²) in [6, 6.07) is 6.28. The molecule has 4 heterocycles. The molecule has 2 aliphatic heterocycles. The summed E-state index contributed by atoms with van der Waals surface area (Å²) in [6.45, 7) is 9.11. The molecule has 2 fully saturated rings. The van der Waals surface area contributed by atoms with E-state index in [1.54, 1.807) is 25.1 Å².